The number of aldehydes is 1. The van der Waals surface area contributed by atoms with Crippen molar-refractivity contribution >= 4 is 23.9 Å². The third kappa shape index (κ3) is 4.67. The minimum absolute atomic E-state index is 0.160. The number of nitrogens with zero attached hydrogens (tertiary/aromatic N) is 2. The van der Waals surface area contributed by atoms with Crippen LogP contribution in [-0.4, -0.2) is 29.0 Å². The van der Waals surface area contributed by atoms with Crippen molar-refractivity contribution in [1.29, 1.82) is 0 Å². The molecule has 0 saturated heterocycles. The molecule has 0 bridgehead atoms. The van der Waals surface area contributed by atoms with Crippen molar-refractivity contribution in [3.63, 3.8) is 0 Å². The van der Waals surface area contributed by atoms with Crippen LogP contribution in [0.25, 0.3) is 11.4 Å². The van der Waals surface area contributed by atoms with Gasteiger partial charge in [0.1, 0.15) is 12.0 Å². The summed E-state index contributed by atoms with van der Waals surface area (Å²) in [6.45, 7) is -0.439. The molecule has 0 aliphatic heterocycles. The summed E-state index contributed by atoms with van der Waals surface area (Å²) >= 11 is 5.83. The Morgan fingerprint density at radius 2 is 1.85 bits per heavy atom. The first-order valence-electron chi connectivity index (χ1n) is 7.56. The number of esters is 1. The van der Waals surface area contributed by atoms with Gasteiger partial charge in [0.05, 0.1) is 0 Å². The highest BCUT2D eigenvalue weighted by Gasteiger charge is 2.11. The van der Waals surface area contributed by atoms with Crippen LogP contribution in [0.3, 0.4) is 0 Å². The smallest absolute Gasteiger partial charge is 0.344 e. The molecule has 0 saturated carbocycles. The maximum Gasteiger partial charge on any atom is 0.344 e. The quantitative estimate of drug-likeness (QED) is 0.464. The second-order valence-electron chi connectivity index (χ2n) is 5.15. The number of aromatic nitrogens is 2. The minimum atomic E-state index is -0.587. The van der Waals surface area contributed by atoms with Gasteiger partial charge in [-0.2, -0.15) is 4.98 Å². The Morgan fingerprint density at radius 3 is 2.54 bits per heavy atom. The molecule has 8 heteroatoms. The molecule has 1 heterocycles. The molecule has 3 rings (SSSR count). The average molecular weight is 373 g/mol. The van der Waals surface area contributed by atoms with E-state index in [1.165, 1.54) is 0 Å². The highest BCUT2D eigenvalue weighted by molar-refractivity contribution is 6.30. The van der Waals surface area contributed by atoms with Gasteiger partial charge in [-0.3, -0.25) is 4.79 Å². The fourth-order valence-corrected chi connectivity index (χ4v) is 2.12. The molecule has 0 spiro atoms. The molecule has 0 fully saturated rings. The van der Waals surface area contributed by atoms with Crippen LogP contribution in [0.5, 0.6) is 5.75 Å². The average Bonchev–Trinajstić information content (AvgIpc) is 3.14. The van der Waals surface area contributed by atoms with Crippen LogP contribution in [0.15, 0.2) is 53.1 Å². The summed E-state index contributed by atoms with van der Waals surface area (Å²) in [7, 11) is 0. The molecule has 0 aliphatic carbocycles. The fourth-order valence-electron chi connectivity index (χ4n) is 2.00. The molecular weight excluding hydrogens is 360 g/mol. The zero-order chi connectivity index (χ0) is 18.4. The van der Waals surface area contributed by atoms with Gasteiger partial charge in [-0.05, 0) is 48.5 Å². The lowest BCUT2D eigenvalue weighted by atomic mass is 10.2. The zero-order valence-electron chi connectivity index (χ0n) is 13.4. The molecule has 0 N–H and O–H groups in total. The first-order valence-corrected chi connectivity index (χ1v) is 7.94. The van der Waals surface area contributed by atoms with Gasteiger partial charge in [0.15, 0.2) is 13.2 Å². The Kier molecular flexibility index (Phi) is 5.60. The maximum absolute atomic E-state index is 11.7. The molecule has 0 amide bonds. The van der Waals surface area contributed by atoms with Gasteiger partial charge in [-0.1, -0.05) is 16.8 Å². The van der Waals surface area contributed by atoms with E-state index in [-0.39, 0.29) is 19.1 Å². The Morgan fingerprint density at radius 1 is 1.12 bits per heavy atom. The van der Waals surface area contributed by atoms with E-state index in [9.17, 15) is 9.59 Å². The van der Waals surface area contributed by atoms with Gasteiger partial charge >= 0.3 is 5.97 Å². The van der Waals surface area contributed by atoms with Crippen molar-refractivity contribution in [3.05, 3.63) is 65.0 Å². The lowest BCUT2D eigenvalue weighted by molar-refractivity contribution is -0.148. The summed E-state index contributed by atoms with van der Waals surface area (Å²) < 4.78 is 15.3. The second-order valence-corrected chi connectivity index (χ2v) is 5.59. The number of halogens is 1. The third-order valence-corrected chi connectivity index (χ3v) is 3.55. The molecule has 0 atom stereocenters. The van der Waals surface area contributed by atoms with E-state index in [2.05, 4.69) is 10.1 Å². The lowest BCUT2D eigenvalue weighted by Gasteiger charge is -2.05. The van der Waals surface area contributed by atoms with Gasteiger partial charge in [0.25, 0.3) is 5.89 Å². The number of carbonyl (C=O) groups is 2. The van der Waals surface area contributed by atoms with Crippen LogP contribution in [0.4, 0.5) is 0 Å². The Labute approximate surface area is 153 Å². The summed E-state index contributed by atoms with van der Waals surface area (Å²) in [5, 5.41) is 4.43. The van der Waals surface area contributed by atoms with Crippen LogP contribution in [-0.2, 0) is 16.1 Å². The van der Waals surface area contributed by atoms with E-state index in [4.69, 9.17) is 25.6 Å². The molecule has 2 aromatic carbocycles. The van der Waals surface area contributed by atoms with E-state index in [0.29, 0.717) is 22.2 Å². The van der Waals surface area contributed by atoms with Crippen molar-refractivity contribution in [2.45, 2.75) is 6.61 Å². The van der Waals surface area contributed by atoms with E-state index in [1.54, 1.807) is 48.5 Å². The molecular formula is C18H13ClN2O5. The largest absolute Gasteiger partial charge is 0.482 e. The topological polar surface area (TPSA) is 91.5 Å². The van der Waals surface area contributed by atoms with Crippen LogP contribution >= 0.6 is 11.6 Å². The Hall–Kier alpha value is -3.19. The first kappa shape index (κ1) is 17.6. The Bertz CT molecular complexity index is 891. The maximum atomic E-state index is 11.7. The van der Waals surface area contributed by atoms with Crippen LogP contribution in [0.1, 0.15) is 16.2 Å². The molecule has 0 radical (unpaired) electrons. The molecule has 26 heavy (non-hydrogen) atoms. The number of rotatable bonds is 7. The normalized spacial score (nSPS) is 10.3. The molecule has 0 unspecified atom stereocenters. The van der Waals surface area contributed by atoms with E-state index < -0.39 is 5.97 Å². The number of carbonyl (C=O) groups excluding carboxylic acids is 2. The monoisotopic (exact) mass is 372 g/mol. The molecule has 7 nitrogen and oxygen atoms in total. The van der Waals surface area contributed by atoms with Gasteiger partial charge in [-0.15, -0.1) is 0 Å². The molecule has 3 aromatic rings. The summed E-state index contributed by atoms with van der Waals surface area (Å²) in [6, 6.07) is 13.3. The highest BCUT2D eigenvalue weighted by atomic mass is 35.5. The van der Waals surface area contributed by atoms with Crippen LogP contribution < -0.4 is 4.74 Å². The molecule has 0 aliphatic rings. The predicted octanol–water partition coefficient (Wildman–Crippen LogP) is 3.32. The molecule has 132 valence electrons. The highest BCUT2D eigenvalue weighted by Crippen LogP contribution is 2.19. The number of ether oxygens (including phenoxy) is 2. The predicted molar refractivity (Wildman–Crippen MR) is 91.9 cm³/mol. The van der Waals surface area contributed by atoms with Gasteiger partial charge in [0.2, 0.25) is 5.82 Å². The van der Waals surface area contributed by atoms with E-state index in [1.807, 2.05) is 0 Å². The van der Waals surface area contributed by atoms with Crippen LogP contribution in [0, 0.1) is 0 Å². The number of hydrogen-bond donors (Lipinski definition) is 0. The van der Waals surface area contributed by atoms with Crippen molar-refractivity contribution in [3.8, 4) is 17.1 Å². The van der Waals surface area contributed by atoms with E-state index in [0.717, 1.165) is 11.8 Å². The Balaban J connectivity index is 1.48. The van der Waals surface area contributed by atoms with Crippen molar-refractivity contribution < 1.29 is 23.6 Å². The summed E-state index contributed by atoms with van der Waals surface area (Å²) in [5.41, 5.74) is 1.26. The number of benzene rings is 2. The third-order valence-electron chi connectivity index (χ3n) is 3.30. The zero-order valence-corrected chi connectivity index (χ0v) is 14.2. The second kappa shape index (κ2) is 8.26. The minimum Gasteiger partial charge on any atom is -0.482 e. The van der Waals surface area contributed by atoms with Crippen LogP contribution in [0.2, 0.25) is 5.02 Å². The van der Waals surface area contributed by atoms with E-state index >= 15 is 0 Å². The lowest BCUT2D eigenvalue weighted by Crippen LogP contribution is -2.14. The fraction of sp³-hybridized carbons (Fsp3) is 0.111. The number of hydrogen-bond acceptors (Lipinski definition) is 7. The van der Waals surface area contributed by atoms with Crippen molar-refractivity contribution in [2.24, 2.45) is 0 Å². The van der Waals surface area contributed by atoms with Gasteiger partial charge < -0.3 is 14.0 Å². The van der Waals surface area contributed by atoms with Crippen molar-refractivity contribution in [2.75, 3.05) is 6.61 Å². The summed E-state index contributed by atoms with van der Waals surface area (Å²) in [4.78, 5) is 26.4. The van der Waals surface area contributed by atoms with Crippen molar-refractivity contribution in [1.82, 2.24) is 10.1 Å². The van der Waals surface area contributed by atoms with Gasteiger partial charge in [-0.25, -0.2) is 4.79 Å². The molecule has 1 aromatic heterocycles. The standard InChI is InChI=1S/C18H13ClN2O5/c19-14-5-3-13(4-6-14)18-20-16(26-21-18)10-25-17(23)11-24-15-7-1-12(9-22)2-8-15/h1-9H,10-11H2. The summed E-state index contributed by atoms with van der Waals surface area (Å²) in [6.07, 6.45) is 0.723. The summed E-state index contributed by atoms with van der Waals surface area (Å²) in [5.74, 6) is 0.406. The first-order chi connectivity index (χ1) is 12.6. The SMILES string of the molecule is O=Cc1ccc(OCC(=O)OCc2nc(-c3ccc(Cl)cc3)no2)cc1. The van der Waals surface area contributed by atoms with Gasteiger partial charge in [0, 0.05) is 16.1 Å².